The molecule has 0 aromatic carbocycles. The Hall–Kier alpha value is -1.84. The van der Waals surface area contributed by atoms with Crippen LogP contribution in [0.15, 0.2) is 10.4 Å². The highest BCUT2D eigenvalue weighted by atomic mass is 32.1. The summed E-state index contributed by atoms with van der Waals surface area (Å²) in [7, 11) is 0. The Kier molecular flexibility index (Phi) is 7.88. The fraction of sp³-hybridized carbons (Fsp3) is 0.706. The van der Waals surface area contributed by atoms with Crippen molar-refractivity contribution in [2.45, 2.75) is 58.3 Å². The van der Waals surface area contributed by atoms with Gasteiger partial charge in [0.2, 0.25) is 5.91 Å². The minimum absolute atomic E-state index is 0.0488. The van der Waals surface area contributed by atoms with Crippen molar-refractivity contribution in [3.05, 3.63) is 16.1 Å². The highest BCUT2D eigenvalue weighted by Gasteiger charge is 2.33. The van der Waals surface area contributed by atoms with Crippen molar-refractivity contribution < 1.29 is 18.0 Å². The number of hydrogen-bond donors (Lipinski definition) is 2. The first kappa shape index (κ1) is 21.5. The van der Waals surface area contributed by atoms with Crippen molar-refractivity contribution in [1.82, 2.24) is 20.5 Å². The van der Waals surface area contributed by atoms with Crippen molar-refractivity contribution in [1.29, 1.82) is 0 Å². The topological polar surface area (TPSA) is 69.6 Å². The van der Waals surface area contributed by atoms with Crippen LogP contribution in [0.1, 0.15) is 50.2 Å². The molecule has 1 aromatic rings. The fourth-order valence-corrected chi connectivity index (χ4v) is 3.63. The van der Waals surface area contributed by atoms with Crippen LogP contribution in [0, 0.1) is 0 Å². The number of amides is 1. The van der Waals surface area contributed by atoms with Crippen molar-refractivity contribution in [2.75, 3.05) is 19.6 Å². The Morgan fingerprint density at radius 3 is 2.81 bits per heavy atom. The van der Waals surface area contributed by atoms with Crippen LogP contribution in [-0.2, 0) is 17.5 Å². The lowest BCUT2D eigenvalue weighted by Gasteiger charge is -2.33. The lowest BCUT2D eigenvalue weighted by Crippen LogP contribution is -2.44. The number of aromatic nitrogens is 1. The molecule has 0 radical (unpaired) electrons. The van der Waals surface area contributed by atoms with E-state index < -0.39 is 11.9 Å². The number of nitrogens with one attached hydrogen (secondary N) is 2. The molecule has 1 aromatic heterocycles. The van der Waals surface area contributed by atoms with Crippen LogP contribution < -0.4 is 10.6 Å². The molecule has 1 amide bonds. The van der Waals surface area contributed by atoms with Crippen LogP contribution in [-0.4, -0.2) is 47.4 Å². The normalized spacial score (nSPS) is 18.5. The van der Waals surface area contributed by atoms with Crippen molar-refractivity contribution in [3.63, 3.8) is 0 Å². The van der Waals surface area contributed by atoms with Crippen molar-refractivity contribution in [3.8, 4) is 0 Å². The van der Waals surface area contributed by atoms with Gasteiger partial charge in [-0.2, -0.15) is 13.2 Å². The minimum atomic E-state index is -4.44. The summed E-state index contributed by atoms with van der Waals surface area (Å²) in [5.41, 5.74) is -0.892. The molecule has 1 aliphatic heterocycles. The molecular formula is C17H26F3N5OS. The molecule has 6 nitrogen and oxygen atoms in total. The van der Waals surface area contributed by atoms with E-state index in [0.29, 0.717) is 25.5 Å². The summed E-state index contributed by atoms with van der Waals surface area (Å²) in [4.78, 5) is 22.1. The van der Waals surface area contributed by atoms with Gasteiger partial charge in [0.25, 0.3) is 0 Å². The van der Waals surface area contributed by atoms with Crippen LogP contribution in [0.25, 0.3) is 0 Å². The zero-order valence-corrected chi connectivity index (χ0v) is 16.4. The summed E-state index contributed by atoms with van der Waals surface area (Å²) in [6, 6.07) is 0.279. The van der Waals surface area contributed by atoms with Gasteiger partial charge in [-0.15, -0.1) is 11.3 Å². The van der Waals surface area contributed by atoms with E-state index in [1.165, 1.54) is 0 Å². The van der Waals surface area contributed by atoms with Gasteiger partial charge in [-0.1, -0.05) is 0 Å². The molecule has 1 atom stereocenters. The van der Waals surface area contributed by atoms with E-state index in [0.717, 1.165) is 42.5 Å². The molecule has 152 valence electrons. The molecule has 1 fully saturated rings. The Labute approximate surface area is 161 Å². The second-order valence-electron chi connectivity index (χ2n) is 6.43. The maximum absolute atomic E-state index is 12.6. The monoisotopic (exact) mass is 405 g/mol. The van der Waals surface area contributed by atoms with E-state index in [4.69, 9.17) is 0 Å². The molecule has 0 bridgehead atoms. The quantitative estimate of drug-likeness (QED) is 0.564. The van der Waals surface area contributed by atoms with Gasteiger partial charge in [0.15, 0.2) is 11.7 Å². The highest BCUT2D eigenvalue weighted by molar-refractivity contribution is 7.09. The number of carbonyl (C=O) groups is 1. The van der Waals surface area contributed by atoms with Gasteiger partial charge >= 0.3 is 6.18 Å². The number of hydrogen-bond acceptors (Lipinski definition) is 4. The predicted octanol–water partition coefficient (Wildman–Crippen LogP) is 3.01. The van der Waals surface area contributed by atoms with E-state index >= 15 is 0 Å². The van der Waals surface area contributed by atoms with Crippen LogP contribution in [0.3, 0.4) is 0 Å². The molecule has 10 heteroatoms. The molecule has 1 unspecified atom stereocenters. The third-order valence-corrected chi connectivity index (χ3v) is 5.15. The van der Waals surface area contributed by atoms with Gasteiger partial charge in [-0.25, -0.2) is 9.98 Å². The van der Waals surface area contributed by atoms with Crippen LogP contribution in [0.4, 0.5) is 13.2 Å². The molecule has 2 rings (SSSR count). The summed E-state index contributed by atoms with van der Waals surface area (Å²) < 4.78 is 37.8. The second kappa shape index (κ2) is 9.91. The smallest absolute Gasteiger partial charge is 0.357 e. The molecule has 0 spiro atoms. The largest absolute Gasteiger partial charge is 0.434 e. The number of guanidine groups is 1. The Morgan fingerprint density at radius 1 is 1.41 bits per heavy atom. The molecule has 0 aliphatic carbocycles. The number of carbonyl (C=O) groups excluding carboxylic acids is 1. The van der Waals surface area contributed by atoms with Crippen LogP contribution >= 0.6 is 11.3 Å². The number of thiazole rings is 1. The predicted molar refractivity (Wildman–Crippen MR) is 99.6 cm³/mol. The molecule has 2 heterocycles. The van der Waals surface area contributed by atoms with E-state index in [-0.39, 0.29) is 23.5 Å². The second-order valence-corrected chi connectivity index (χ2v) is 7.37. The van der Waals surface area contributed by atoms with Gasteiger partial charge in [0, 0.05) is 37.5 Å². The van der Waals surface area contributed by atoms with Crippen molar-refractivity contribution in [2.24, 2.45) is 4.99 Å². The van der Waals surface area contributed by atoms with Gasteiger partial charge in [-0.3, -0.25) is 4.79 Å². The summed E-state index contributed by atoms with van der Waals surface area (Å²) in [6.07, 6.45) is -0.844. The Balaban J connectivity index is 1.84. The van der Waals surface area contributed by atoms with Gasteiger partial charge in [0.05, 0.1) is 6.54 Å². The number of nitrogens with zero attached hydrogens (tertiary/aromatic N) is 3. The number of rotatable bonds is 6. The van der Waals surface area contributed by atoms with E-state index in [2.05, 4.69) is 27.5 Å². The van der Waals surface area contributed by atoms with E-state index in [1.807, 2.05) is 11.8 Å². The summed E-state index contributed by atoms with van der Waals surface area (Å²) >= 11 is 0.930. The Bertz CT molecular complexity index is 647. The van der Waals surface area contributed by atoms with Gasteiger partial charge in [-0.05, 0) is 33.1 Å². The maximum atomic E-state index is 12.6. The first-order valence-corrected chi connectivity index (χ1v) is 10.0. The molecule has 1 aliphatic rings. The SMILES string of the molecule is CCNC(=NCc1nc(C(F)(F)F)cs1)NCCC(=O)N1CCCCC1C. The van der Waals surface area contributed by atoms with Crippen LogP contribution in [0.5, 0.6) is 0 Å². The third-order valence-electron chi connectivity index (χ3n) is 4.31. The molecule has 0 saturated carbocycles. The van der Waals surface area contributed by atoms with Crippen molar-refractivity contribution >= 4 is 23.2 Å². The molecule has 2 N–H and O–H groups in total. The number of piperidine rings is 1. The zero-order chi connectivity index (χ0) is 19.9. The first-order chi connectivity index (χ1) is 12.8. The number of aliphatic imine (C=N–C) groups is 1. The van der Waals surface area contributed by atoms with Crippen LogP contribution in [0.2, 0.25) is 0 Å². The number of likely N-dealkylation sites (tertiary alicyclic amines) is 1. The minimum Gasteiger partial charge on any atom is -0.357 e. The lowest BCUT2D eigenvalue weighted by molar-refractivity contribution is -0.140. The first-order valence-electron chi connectivity index (χ1n) is 9.14. The lowest BCUT2D eigenvalue weighted by atomic mass is 10.0. The molecular weight excluding hydrogens is 379 g/mol. The average Bonchev–Trinajstić information content (AvgIpc) is 3.09. The average molecular weight is 405 g/mol. The Morgan fingerprint density at radius 2 is 2.19 bits per heavy atom. The highest BCUT2D eigenvalue weighted by Crippen LogP contribution is 2.30. The van der Waals surface area contributed by atoms with E-state index in [9.17, 15) is 18.0 Å². The van der Waals surface area contributed by atoms with Gasteiger partial charge < -0.3 is 15.5 Å². The zero-order valence-electron chi connectivity index (χ0n) is 15.6. The standard InChI is InChI=1S/C17H26F3N5OS/c1-3-21-16(23-10-14-24-13(11-27-14)17(18,19)20)22-8-7-15(26)25-9-5-4-6-12(25)2/h11-12H,3-10H2,1-2H3,(H2,21,22,23). The molecule has 27 heavy (non-hydrogen) atoms. The summed E-state index contributed by atoms with van der Waals surface area (Å²) in [6.45, 7) is 5.84. The fourth-order valence-electron chi connectivity index (χ4n) is 2.90. The number of alkyl halides is 3. The third kappa shape index (κ3) is 6.67. The molecule has 1 saturated heterocycles. The summed E-state index contributed by atoms with van der Waals surface area (Å²) in [5.74, 6) is 0.570. The number of halogens is 3. The maximum Gasteiger partial charge on any atom is 0.434 e. The summed E-state index contributed by atoms with van der Waals surface area (Å²) in [5, 5.41) is 7.36. The van der Waals surface area contributed by atoms with E-state index in [1.54, 1.807) is 0 Å². The van der Waals surface area contributed by atoms with Gasteiger partial charge in [0.1, 0.15) is 5.01 Å².